The van der Waals surface area contributed by atoms with Gasteiger partial charge in [-0.25, -0.2) is 0 Å². The molecule has 4 aromatic carbocycles. The molecule has 4 rings (SSSR count). The molecule has 0 amide bonds. The lowest BCUT2D eigenvalue weighted by molar-refractivity contribution is -0.289. The predicted molar refractivity (Wildman–Crippen MR) is 129 cm³/mol. The second-order valence-corrected chi connectivity index (χ2v) is 8.84. The van der Waals surface area contributed by atoms with Crippen LogP contribution in [0.1, 0.15) is 22.3 Å². The van der Waals surface area contributed by atoms with Crippen molar-refractivity contribution in [3.63, 3.8) is 0 Å². The van der Waals surface area contributed by atoms with Gasteiger partial charge in [0.1, 0.15) is 11.5 Å². The first-order valence-electron chi connectivity index (χ1n) is 11.2. The van der Waals surface area contributed by atoms with Crippen LogP contribution < -0.4 is 0 Å². The van der Waals surface area contributed by atoms with E-state index in [0.717, 1.165) is 35.4 Å². The van der Waals surface area contributed by atoms with Gasteiger partial charge in [0.15, 0.2) is 0 Å². The van der Waals surface area contributed by atoms with Crippen LogP contribution in [0.5, 0.6) is 11.5 Å². The van der Waals surface area contributed by atoms with E-state index in [1.54, 1.807) is 62.4 Å². The van der Waals surface area contributed by atoms with Crippen molar-refractivity contribution in [3.8, 4) is 33.8 Å². The quantitative estimate of drug-likeness (QED) is 0.267. The highest BCUT2D eigenvalue weighted by molar-refractivity contribution is 5.72. The number of benzene rings is 4. The third kappa shape index (κ3) is 4.30. The first-order valence-corrected chi connectivity index (χ1v) is 11.2. The van der Waals surface area contributed by atoms with Crippen LogP contribution in [0.4, 0.5) is 26.3 Å². The molecule has 0 atom stereocenters. The Morgan fingerprint density at radius 3 is 1.16 bits per heavy atom. The van der Waals surface area contributed by atoms with Gasteiger partial charge in [0.2, 0.25) is 5.41 Å². The van der Waals surface area contributed by atoms with Crippen molar-refractivity contribution >= 4 is 0 Å². The van der Waals surface area contributed by atoms with Gasteiger partial charge in [0.25, 0.3) is 0 Å². The molecule has 0 aromatic heterocycles. The Hall–Kier alpha value is -3.94. The maximum atomic E-state index is 14.6. The van der Waals surface area contributed by atoms with Crippen molar-refractivity contribution in [1.29, 1.82) is 0 Å². The zero-order valence-electron chi connectivity index (χ0n) is 19.7. The van der Waals surface area contributed by atoms with E-state index in [9.17, 15) is 36.6 Å². The normalized spacial score (nSPS) is 12.5. The van der Waals surface area contributed by atoms with E-state index < -0.39 is 40.4 Å². The largest absolute Gasteiger partial charge is 0.508 e. The molecule has 37 heavy (non-hydrogen) atoms. The number of phenols is 2. The zero-order chi connectivity index (χ0) is 27.2. The van der Waals surface area contributed by atoms with E-state index in [2.05, 4.69) is 0 Å². The van der Waals surface area contributed by atoms with Crippen LogP contribution >= 0.6 is 0 Å². The van der Waals surface area contributed by atoms with Crippen LogP contribution in [0.25, 0.3) is 22.3 Å². The van der Waals surface area contributed by atoms with Crippen LogP contribution in [0.2, 0.25) is 0 Å². The number of hydrogen-bond acceptors (Lipinski definition) is 2. The Kier molecular flexibility index (Phi) is 6.48. The number of hydrogen-bond donors (Lipinski definition) is 2. The minimum atomic E-state index is -5.96. The number of aromatic hydroxyl groups is 2. The second-order valence-electron chi connectivity index (χ2n) is 8.84. The van der Waals surface area contributed by atoms with Crippen molar-refractivity contribution in [2.24, 2.45) is 0 Å². The molecule has 0 radical (unpaired) electrons. The molecule has 0 saturated heterocycles. The van der Waals surface area contributed by atoms with Crippen molar-refractivity contribution in [2.45, 2.75) is 31.6 Å². The molecule has 2 nitrogen and oxygen atoms in total. The summed E-state index contributed by atoms with van der Waals surface area (Å²) in [5.41, 5.74) is -4.53. The Bertz CT molecular complexity index is 1340. The standard InChI is InChI=1S/C29H22F6O2/c1-17-7-3-5-9-21(17)19-11-13-23(25(36)15-19)27(28(30,31)32,29(33,34)35)24-14-12-20(16-26(24)37)22-10-6-4-8-18(22)2/h3-16,36-37H,1-2H3. The summed E-state index contributed by atoms with van der Waals surface area (Å²) in [5.74, 6) is -2.39. The predicted octanol–water partition coefficient (Wildman–Crippen LogP) is 8.46. The van der Waals surface area contributed by atoms with Crippen LogP contribution in [-0.4, -0.2) is 22.6 Å². The van der Waals surface area contributed by atoms with Crippen molar-refractivity contribution in [1.82, 2.24) is 0 Å². The van der Waals surface area contributed by atoms with Crippen LogP contribution in [-0.2, 0) is 5.41 Å². The summed E-state index contributed by atoms with van der Waals surface area (Å²) in [6, 6.07) is 18.7. The number of phenolic OH excluding ortho intramolecular Hbond substituents is 2. The van der Waals surface area contributed by atoms with Crippen molar-refractivity contribution in [3.05, 3.63) is 107 Å². The average molecular weight is 516 g/mol. The van der Waals surface area contributed by atoms with Gasteiger partial charge in [0.05, 0.1) is 0 Å². The van der Waals surface area contributed by atoms with Gasteiger partial charge in [-0.05, 0) is 59.4 Å². The molecule has 2 N–H and O–H groups in total. The number of rotatable bonds is 4. The Morgan fingerprint density at radius 1 is 0.514 bits per heavy atom. The van der Waals surface area contributed by atoms with E-state index in [0.29, 0.717) is 23.3 Å². The van der Waals surface area contributed by atoms with E-state index in [1.807, 2.05) is 0 Å². The highest BCUT2D eigenvalue weighted by Crippen LogP contribution is 2.60. The van der Waals surface area contributed by atoms with Crippen molar-refractivity contribution in [2.75, 3.05) is 0 Å². The molecule has 0 aliphatic rings. The molecule has 0 spiro atoms. The average Bonchev–Trinajstić information content (AvgIpc) is 2.80. The summed E-state index contributed by atoms with van der Waals surface area (Å²) < 4.78 is 87.8. The monoisotopic (exact) mass is 516 g/mol. The van der Waals surface area contributed by atoms with E-state index >= 15 is 0 Å². The van der Waals surface area contributed by atoms with Crippen molar-refractivity contribution < 1.29 is 36.6 Å². The van der Waals surface area contributed by atoms with Crippen LogP contribution in [0, 0.1) is 13.8 Å². The number of alkyl halides is 6. The lowest BCUT2D eigenvalue weighted by atomic mass is 9.71. The van der Waals surface area contributed by atoms with E-state index in [-0.39, 0.29) is 11.1 Å². The Morgan fingerprint density at radius 2 is 0.865 bits per heavy atom. The van der Waals surface area contributed by atoms with Crippen LogP contribution in [0.15, 0.2) is 84.9 Å². The van der Waals surface area contributed by atoms with Gasteiger partial charge in [-0.15, -0.1) is 0 Å². The lowest BCUT2D eigenvalue weighted by Gasteiger charge is -2.39. The third-order valence-electron chi connectivity index (χ3n) is 6.57. The minimum Gasteiger partial charge on any atom is -0.508 e. The molecular weight excluding hydrogens is 494 g/mol. The first-order chi connectivity index (χ1) is 17.3. The summed E-state index contributed by atoms with van der Waals surface area (Å²) in [5, 5.41) is 21.3. The molecule has 0 aliphatic heterocycles. The fourth-order valence-corrected chi connectivity index (χ4v) is 4.74. The molecule has 0 saturated carbocycles. The molecule has 4 aromatic rings. The SMILES string of the molecule is Cc1ccccc1-c1ccc(C(c2ccc(-c3ccccc3C)cc2O)(C(F)(F)F)C(F)(F)F)c(O)c1. The van der Waals surface area contributed by atoms with E-state index in [4.69, 9.17) is 0 Å². The molecular formula is C29H22F6O2. The smallest absolute Gasteiger partial charge is 0.411 e. The zero-order valence-corrected chi connectivity index (χ0v) is 19.7. The van der Waals surface area contributed by atoms with Gasteiger partial charge in [-0.3, -0.25) is 0 Å². The lowest BCUT2D eigenvalue weighted by Crippen LogP contribution is -2.54. The van der Waals surface area contributed by atoms with Gasteiger partial charge < -0.3 is 10.2 Å². The fourth-order valence-electron chi connectivity index (χ4n) is 4.74. The summed E-state index contributed by atoms with van der Waals surface area (Å²) in [4.78, 5) is 0. The number of halogens is 6. The molecule has 192 valence electrons. The molecule has 8 heteroatoms. The van der Waals surface area contributed by atoms with E-state index in [1.165, 1.54) is 0 Å². The topological polar surface area (TPSA) is 40.5 Å². The summed E-state index contributed by atoms with van der Waals surface area (Å²) >= 11 is 0. The third-order valence-corrected chi connectivity index (χ3v) is 6.57. The molecule has 0 aliphatic carbocycles. The summed E-state index contributed by atoms with van der Waals surface area (Å²) in [6.07, 6.45) is -11.9. The first kappa shape index (κ1) is 26.1. The van der Waals surface area contributed by atoms with Gasteiger partial charge in [-0.1, -0.05) is 72.8 Å². The Labute approximate surface area is 209 Å². The molecule has 0 unspecified atom stereocenters. The summed E-state index contributed by atoms with van der Waals surface area (Å²) in [7, 11) is 0. The van der Waals surface area contributed by atoms with Crippen LogP contribution in [0.3, 0.4) is 0 Å². The van der Waals surface area contributed by atoms with Gasteiger partial charge in [-0.2, -0.15) is 26.3 Å². The highest BCUT2D eigenvalue weighted by Gasteiger charge is 2.74. The minimum absolute atomic E-state index is 0.247. The molecule has 0 heterocycles. The highest BCUT2D eigenvalue weighted by atomic mass is 19.4. The maximum absolute atomic E-state index is 14.6. The second kappa shape index (κ2) is 9.18. The Balaban J connectivity index is 1.99. The summed E-state index contributed by atoms with van der Waals surface area (Å²) in [6.45, 7) is 3.45. The number of aryl methyl sites for hydroxylation is 2. The molecule has 0 bridgehead atoms. The molecule has 0 fully saturated rings. The maximum Gasteiger partial charge on any atom is 0.411 e. The van der Waals surface area contributed by atoms with Gasteiger partial charge >= 0.3 is 12.4 Å². The fraction of sp³-hybridized carbons (Fsp3) is 0.172. The van der Waals surface area contributed by atoms with Gasteiger partial charge in [0, 0.05) is 11.1 Å².